The van der Waals surface area contributed by atoms with E-state index in [9.17, 15) is 14.4 Å². The fourth-order valence-corrected chi connectivity index (χ4v) is 1.46. The highest BCUT2D eigenvalue weighted by Gasteiger charge is 2.16. The molecule has 0 unspecified atom stereocenters. The predicted octanol–water partition coefficient (Wildman–Crippen LogP) is 0.437. The third-order valence-corrected chi connectivity index (χ3v) is 2.57. The molecule has 0 bridgehead atoms. The Kier molecular flexibility index (Phi) is 5.64. The van der Waals surface area contributed by atoms with Crippen LogP contribution < -0.4 is 4.90 Å². The Labute approximate surface area is 116 Å². The number of pyridine rings is 1. The minimum absolute atomic E-state index is 0.118. The van der Waals surface area contributed by atoms with E-state index >= 15 is 0 Å². The Hall–Kier alpha value is -2.44. The van der Waals surface area contributed by atoms with Gasteiger partial charge in [0.15, 0.2) is 5.78 Å². The molecule has 20 heavy (non-hydrogen) atoms. The zero-order chi connectivity index (χ0) is 15.1. The highest BCUT2D eigenvalue weighted by Crippen LogP contribution is 2.13. The van der Waals surface area contributed by atoms with Crippen molar-refractivity contribution < 1.29 is 23.9 Å². The number of carbonyl (C=O) groups excluding carboxylic acids is 3. The van der Waals surface area contributed by atoms with Gasteiger partial charge >= 0.3 is 11.9 Å². The van der Waals surface area contributed by atoms with Crippen LogP contribution in [0.2, 0.25) is 0 Å². The lowest BCUT2D eigenvalue weighted by atomic mass is 10.2. The zero-order valence-corrected chi connectivity index (χ0v) is 11.6. The average molecular weight is 280 g/mol. The molecule has 7 nitrogen and oxygen atoms in total. The van der Waals surface area contributed by atoms with Gasteiger partial charge in [-0.2, -0.15) is 0 Å². The van der Waals surface area contributed by atoms with E-state index in [-0.39, 0.29) is 18.9 Å². The number of hydrogen-bond acceptors (Lipinski definition) is 7. The number of nitrogens with zero attached hydrogens (tertiary/aromatic N) is 2. The first-order valence-corrected chi connectivity index (χ1v) is 5.83. The van der Waals surface area contributed by atoms with Gasteiger partial charge in [0.1, 0.15) is 18.8 Å². The summed E-state index contributed by atoms with van der Waals surface area (Å²) in [4.78, 5) is 39.3. The number of aromatic nitrogens is 1. The van der Waals surface area contributed by atoms with Gasteiger partial charge in [-0.25, -0.2) is 0 Å². The molecular formula is C13H16N2O5. The van der Waals surface area contributed by atoms with E-state index in [0.717, 1.165) is 0 Å². The predicted molar refractivity (Wildman–Crippen MR) is 70.5 cm³/mol. The molecule has 1 rings (SSSR count). The van der Waals surface area contributed by atoms with E-state index in [4.69, 9.17) is 0 Å². The number of anilines is 1. The molecule has 0 radical (unpaired) electrons. The van der Waals surface area contributed by atoms with Crippen LogP contribution in [0, 0.1) is 0 Å². The molecule has 1 aromatic heterocycles. The van der Waals surface area contributed by atoms with Crippen LogP contribution in [0.4, 0.5) is 5.69 Å². The molecule has 0 saturated heterocycles. The van der Waals surface area contributed by atoms with Gasteiger partial charge in [0, 0.05) is 6.92 Å². The largest absolute Gasteiger partial charge is 0.468 e. The van der Waals surface area contributed by atoms with Crippen LogP contribution in [0.15, 0.2) is 18.3 Å². The molecule has 0 spiro atoms. The molecule has 0 amide bonds. The molecule has 7 heteroatoms. The van der Waals surface area contributed by atoms with E-state index in [0.29, 0.717) is 11.4 Å². The Morgan fingerprint density at radius 1 is 1.10 bits per heavy atom. The number of carbonyl (C=O) groups is 3. The summed E-state index contributed by atoms with van der Waals surface area (Å²) in [7, 11) is 2.52. The topological polar surface area (TPSA) is 85.8 Å². The van der Waals surface area contributed by atoms with Crippen molar-refractivity contribution in [2.45, 2.75) is 6.92 Å². The molecule has 1 aromatic rings. The summed E-state index contributed by atoms with van der Waals surface area (Å²) in [5.41, 5.74) is 0.829. The number of Topliss-reactive ketones (excluding diaryl/α,β-unsaturated/α-hetero) is 1. The summed E-state index contributed by atoms with van der Waals surface area (Å²) in [5, 5.41) is 0. The number of ketones is 1. The van der Waals surface area contributed by atoms with Crippen LogP contribution >= 0.6 is 0 Å². The van der Waals surface area contributed by atoms with Gasteiger partial charge in [-0.15, -0.1) is 0 Å². The lowest BCUT2D eigenvalue weighted by molar-refractivity contribution is -0.140. The van der Waals surface area contributed by atoms with Crippen molar-refractivity contribution in [2.24, 2.45) is 0 Å². The second kappa shape index (κ2) is 7.22. The van der Waals surface area contributed by atoms with Gasteiger partial charge in [0.25, 0.3) is 0 Å². The zero-order valence-electron chi connectivity index (χ0n) is 11.6. The summed E-state index contributed by atoms with van der Waals surface area (Å²) < 4.78 is 9.14. The molecule has 1 heterocycles. The Morgan fingerprint density at radius 2 is 1.65 bits per heavy atom. The minimum atomic E-state index is -0.496. The summed E-state index contributed by atoms with van der Waals surface area (Å²) >= 11 is 0. The van der Waals surface area contributed by atoms with Crippen LogP contribution in [0.3, 0.4) is 0 Å². The van der Waals surface area contributed by atoms with E-state index < -0.39 is 11.9 Å². The van der Waals surface area contributed by atoms with E-state index in [1.165, 1.54) is 38.3 Å². The average Bonchev–Trinajstić information content (AvgIpc) is 2.46. The molecule has 0 fully saturated rings. The number of rotatable bonds is 6. The summed E-state index contributed by atoms with van der Waals surface area (Å²) in [6.45, 7) is 1.17. The SMILES string of the molecule is COC(=O)CN(CC(=O)OC)c1ccc(C(C)=O)nc1. The third kappa shape index (κ3) is 4.34. The van der Waals surface area contributed by atoms with Crippen LogP contribution in [0.1, 0.15) is 17.4 Å². The normalized spacial score (nSPS) is 9.75. The van der Waals surface area contributed by atoms with E-state index in [2.05, 4.69) is 14.5 Å². The fourth-order valence-electron chi connectivity index (χ4n) is 1.46. The van der Waals surface area contributed by atoms with Crippen LogP contribution in [-0.4, -0.2) is 50.0 Å². The molecule has 0 aliphatic rings. The van der Waals surface area contributed by atoms with Crippen molar-refractivity contribution in [3.63, 3.8) is 0 Å². The van der Waals surface area contributed by atoms with Crippen LogP contribution in [-0.2, 0) is 19.1 Å². The van der Waals surface area contributed by atoms with Gasteiger partial charge < -0.3 is 14.4 Å². The molecule has 0 N–H and O–H groups in total. The second-order valence-corrected chi connectivity index (χ2v) is 3.97. The summed E-state index contributed by atoms with van der Waals surface area (Å²) in [6.07, 6.45) is 1.42. The maximum absolute atomic E-state index is 11.3. The summed E-state index contributed by atoms with van der Waals surface area (Å²) in [5.74, 6) is -1.15. The van der Waals surface area contributed by atoms with Gasteiger partial charge in [-0.1, -0.05) is 0 Å². The van der Waals surface area contributed by atoms with Gasteiger partial charge in [-0.3, -0.25) is 19.4 Å². The minimum Gasteiger partial charge on any atom is -0.468 e. The van der Waals surface area contributed by atoms with Crippen LogP contribution in [0.25, 0.3) is 0 Å². The van der Waals surface area contributed by atoms with Crippen molar-refractivity contribution in [3.8, 4) is 0 Å². The van der Waals surface area contributed by atoms with Crippen molar-refractivity contribution in [2.75, 3.05) is 32.2 Å². The third-order valence-electron chi connectivity index (χ3n) is 2.57. The van der Waals surface area contributed by atoms with E-state index in [1.807, 2.05) is 0 Å². The lowest BCUT2D eigenvalue weighted by Crippen LogP contribution is -2.35. The lowest BCUT2D eigenvalue weighted by Gasteiger charge is -2.21. The van der Waals surface area contributed by atoms with Crippen molar-refractivity contribution in [3.05, 3.63) is 24.0 Å². The smallest absolute Gasteiger partial charge is 0.325 e. The number of methoxy groups -OCH3 is 2. The quantitative estimate of drug-likeness (QED) is 0.552. The maximum Gasteiger partial charge on any atom is 0.325 e. The molecule has 0 aliphatic heterocycles. The van der Waals surface area contributed by atoms with Crippen LogP contribution in [0.5, 0.6) is 0 Å². The number of esters is 2. The first-order chi connectivity index (χ1) is 9.47. The van der Waals surface area contributed by atoms with Crippen molar-refractivity contribution >= 4 is 23.4 Å². The van der Waals surface area contributed by atoms with Gasteiger partial charge in [0.05, 0.1) is 26.1 Å². The monoisotopic (exact) mass is 280 g/mol. The van der Waals surface area contributed by atoms with Gasteiger partial charge in [-0.05, 0) is 12.1 Å². The molecule has 0 aliphatic carbocycles. The van der Waals surface area contributed by atoms with Crippen molar-refractivity contribution in [1.82, 2.24) is 4.98 Å². The Morgan fingerprint density at radius 3 is 2.00 bits per heavy atom. The first kappa shape index (κ1) is 15.6. The van der Waals surface area contributed by atoms with Crippen molar-refractivity contribution in [1.29, 1.82) is 0 Å². The maximum atomic E-state index is 11.3. The van der Waals surface area contributed by atoms with E-state index in [1.54, 1.807) is 6.07 Å². The van der Waals surface area contributed by atoms with Gasteiger partial charge in [0.2, 0.25) is 0 Å². The first-order valence-electron chi connectivity index (χ1n) is 5.83. The Balaban J connectivity index is 2.93. The molecule has 0 aromatic carbocycles. The molecular weight excluding hydrogens is 264 g/mol. The molecule has 108 valence electrons. The Bertz CT molecular complexity index is 480. The fraction of sp³-hybridized carbons (Fsp3) is 0.385. The highest BCUT2D eigenvalue weighted by molar-refractivity contribution is 5.92. The number of hydrogen-bond donors (Lipinski definition) is 0. The summed E-state index contributed by atoms with van der Waals surface area (Å²) in [6, 6.07) is 3.13. The standard InChI is InChI=1S/C13H16N2O5/c1-9(16)11-5-4-10(6-14-11)15(7-12(17)19-2)8-13(18)20-3/h4-6H,7-8H2,1-3H3. The highest BCUT2D eigenvalue weighted by atomic mass is 16.5. The molecule has 0 saturated carbocycles. The molecule has 0 atom stereocenters. The number of ether oxygens (including phenoxy) is 2. The second-order valence-electron chi connectivity index (χ2n) is 3.97.